The van der Waals surface area contributed by atoms with Crippen LogP contribution in [-0.4, -0.2) is 19.8 Å². The van der Waals surface area contributed by atoms with Crippen molar-refractivity contribution in [1.82, 2.24) is 0 Å². The maximum absolute atomic E-state index is 6.08. The highest BCUT2D eigenvalue weighted by Gasteiger charge is 2.19. The first-order valence-electron chi connectivity index (χ1n) is 12.6. The Bertz CT molecular complexity index is 359. The van der Waals surface area contributed by atoms with Crippen LogP contribution in [0.1, 0.15) is 127 Å². The molecular formula is C26H55O3P. The van der Waals surface area contributed by atoms with Crippen LogP contribution in [0.5, 0.6) is 0 Å². The van der Waals surface area contributed by atoms with Crippen molar-refractivity contribution in [2.45, 2.75) is 127 Å². The van der Waals surface area contributed by atoms with Crippen LogP contribution in [-0.2, 0) is 13.6 Å². The third-order valence-electron chi connectivity index (χ3n) is 5.23. The van der Waals surface area contributed by atoms with E-state index in [-0.39, 0.29) is 0 Å². The van der Waals surface area contributed by atoms with Crippen LogP contribution in [0.4, 0.5) is 0 Å². The summed E-state index contributed by atoms with van der Waals surface area (Å²) in [7, 11) is -1.22. The first-order chi connectivity index (χ1) is 13.9. The molecule has 0 bridgehead atoms. The molecule has 182 valence electrons. The molecule has 0 N–H and O–H groups in total. The van der Waals surface area contributed by atoms with Gasteiger partial charge in [0.15, 0.2) is 0 Å². The number of unbranched alkanes of at least 4 members (excludes halogenated alkanes) is 5. The average molecular weight is 447 g/mol. The third-order valence-corrected chi connectivity index (χ3v) is 6.41. The van der Waals surface area contributed by atoms with Crippen LogP contribution in [0.3, 0.4) is 0 Å². The van der Waals surface area contributed by atoms with Crippen LogP contribution in [0, 0.1) is 22.7 Å². The van der Waals surface area contributed by atoms with Gasteiger partial charge in [-0.1, -0.05) is 94.4 Å². The monoisotopic (exact) mass is 446 g/mol. The lowest BCUT2D eigenvalue weighted by Crippen LogP contribution is -2.13. The molecule has 0 amide bonds. The van der Waals surface area contributed by atoms with E-state index in [9.17, 15) is 0 Å². The molecule has 2 atom stereocenters. The quantitative estimate of drug-likeness (QED) is 0.155. The molecular weight excluding hydrogens is 391 g/mol. The topological polar surface area (TPSA) is 27.7 Å². The van der Waals surface area contributed by atoms with Gasteiger partial charge in [-0.2, -0.15) is 0 Å². The molecule has 0 fully saturated rings. The summed E-state index contributed by atoms with van der Waals surface area (Å²) in [4.78, 5) is 0. The summed E-state index contributed by atoms with van der Waals surface area (Å²) < 4.78 is 18.2. The summed E-state index contributed by atoms with van der Waals surface area (Å²) in [5.74, 6) is 1.32. The maximum Gasteiger partial charge on any atom is 0.332 e. The Balaban J connectivity index is 4.26. The third kappa shape index (κ3) is 21.5. The van der Waals surface area contributed by atoms with Gasteiger partial charge in [0.05, 0.1) is 19.8 Å². The first kappa shape index (κ1) is 30.3. The van der Waals surface area contributed by atoms with E-state index in [1.54, 1.807) is 0 Å². The van der Waals surface area contributed by atoms with E-state index < -0.39 is 8.60 Å². The fourth-order valence-corrected chi connectivity index (χ4v) is 5.10. The van der Waals surface area contributed by atoms with Gasteiger partial charge in [-0.25, -0.2) is 0 Å². The molecule has 0 saturated carbocycles. The summed E-state index contributed by atoms with van der Waals surface area (Å²) in [5, 5.41) is 0. The lowest BCUT2D eigenvalue weighted by atomic mass is 9.84. The van der Waals surface area contributed by atoms with Gasteiger partial charge >= 0.3 is 8.60 Å². The van der Waals surface area contributed by atoms with Crippen LogP contribution in [0.25, 0.3) is 0 Å². The summed E-state index contributed by atoms with van der Waals surface area (Å²) in [6.45, 7) is 23.0. The van der Waals surface area contributed by atoms with Gasteiger partial charge in [0.25, 0.3) is 0 Å². The Morgan fingerprint density at radius 2 is 1.00 bits per heavy atom. The normalized spacial score (nSPS) is 15.9. The van der Waals surface area contributed by atoms with Crippen molar-refractivity contribution >= 4 is 8.60 Å². The van der Waals surface area contributed by atoms with E-state index in [0.717, 1.165) is 39.1 Å². The molecule has 0 radical (unpaired) electrons. The van der Waals surface area contributed by atoms with Crippen molar-refractivity contribution in [3.05, 3.63) is 0 Å². The number of hydrogen-bond acceptors (Lipinski definition) is 3. The fraction of sp³-hybridized carbons (Fsp3) is 1.00. The summed E-state index contributed by atoms with van der Waals surface area (Å²) >= 11 is 0. The molecule has 30 heavy (non-hydrogen) atoms. The minimum atomic E-state index is -1.22. The highest BCUT2D eigenvalue weighted by Crippen LogP contribution is 2.41. The minimum absolute atomic E-state index is 0.373. The van der Waals surface area contributed by atoms with Crippen molar-refractivity contribution in [2.24, 2.45) is 22.7 Å². The zero-order chi connectivity index (χ0) is 23.0. The molecule has 0 saturated heterocycles. The second-order valence-corrected chi connectivity index (χ2v) is 13.0. The standard InChI is InChI=1S/C26H55O3P/c1-10-11-12-13-14-15-18-27-30(28-19-16-23(2)21-25(4,5)6)29-20-17-24(3)22-26(7,8)9/h23-24H,10-22H2,1-9H3. The van der Waals surface area contributed by atoms with Crippen molar-refractivity contribution in [3.63, 3.8) is 0 Å². The molecule has 0 aromatic heterocycles. The summed E-state index contributed by atoms with van der Waals surface area (Å²) in [6.07, 6.45) is 12.2. The molecule has 0 heterocycles. The summed E-state index contributed by atoms with van der Waals surface area (Å²) in [5.41, 5.74) is 0.746. The van der Waals surface area contributed by atoms with Gasteiger partial charge in [-0.05, 0) is 54.8 Å². The zero-order valence-electron chi connectivity index (χ0n) is 22.0. The number of hydrogen-bond donors (Lipinski definition) is 0. The molecule has 0 aliphatic carbocycles. The highest BCUT2D eigenvalue weighted by atomic mass is 31.2. The number of rotatable bonds is 18. The van der Waals surface area contributed by atoms with Crippen LogP contribution < -0.4 is 0 Å². The smallest absolute Gasteiger partial charge is 0.312 e. The molecule has 4 heteroatoms. The molecule has 0 rings (SSSR count). The Hall–Kier alpha value is 0.310. The lowest BCUT2D eigenvalue weighted by molar-refractivity contribution is 0.140. The predicted octanol–water partition coefficient (Wildman–Crippen LogP) is 9.55. The van der Waals surface area contributed by atoms with Gasteiger partial charge in [0.2, 0.25) is 0 Å². The fourth-order valence-electron chi connectivity index (χ4n) is 4.09. The maximum atomic E-state index is 6.08. The van der Waals surface area contributed by atoms with Crippen LogP contribution in [0.15, 0.2) is 0 Å². The van der Waals surface area contributed by atoms with Gasteiger partial charge in [0, 0.05) is 0 Å². The zero-order valence-corrected chi connectivity index (χ0v) is 22.9. The predicted molar refractivity (Wildman–Crippen MR) is 134 cm³/mol. The average Bonchev–Trinajstić information content (AvgIpc) is 2.57. The van der Waals surface area contributed by atoms with Gasteiger partial charge < -0.3 is 13.6 Å². The molecule has 0 spiro atoms. The lowest BCUT2D eigenvalue weighted by Gasteiger charge is -2.25. The highest BCUT2D eigenvalue weighted by molar-refractivity contribution is 7.41. The second kappa shape index (κ2) is 16.9. The van der Waals surface area contributed by atoms with E-state index in [1.807, 2.05) is 0 Å². The van der Waals surface area contributed by atoms with Crippen molar-refractivity contribution in [3.8, 4) is 0 Å². The molecule has 2 unspecified atom stereocenters. The Morgan fingerprint density at radius 3 is 1.43 bits per heavy atom. The Labute approximate surface area is 191 Å². The van der Waals surface area contributed by atoms with E-state index in [0.29, 0.717) is 22.7 Å². The first-order valence-corrected chi connectivity index (χ1v) is 13.7. The van der Waals surface area contributed by atoms with Crippen LogP contribution >= 0.6 is 8.60 Å². The molecule has 0 aromatic rings. The van der Waals surface area contributed by atoms with E-state index in [2.05, 4.69) is 62.3 Å². The van der Waals surface area contributed by atoms with E-state index in [1.165, 1.54) is 44.9 Å². The Morgan fingerprint density at radius 1 is 0.600 bits per heavy atom. The molecule has 0 aliphatic heterocycles. The molecule has 0 aliphatic rings. The van der Waals surface area contributed by atoms with Gasteiger partial charge in [-0.3, -0.25) is 0 Å². The van der Waals surface area contributed by atoms with E-state index in [4.69, 9.17) is 13.6 Å². The second-order valence-electron chi connectivity index (χ2n) is 11.8. The largest absolute Gasteiger partial charge is 0.332 e. The van der Waals surface area contributed by atoms with Gasteiger partial charge in [-0.15, -0.1) is 0 Å². The SMILES string of the molecule is CCCCCCCCOP(OCCC(C)CC(C)(C)C)OCCC(C)CC(C)(C)C. The molecule has 3 nitrogen and oxygen atoms in total. The van der Waals surface area contributed by atoms with E-state index >= 15 is 0 Å². The summed E-state index contributed by atoms with van der Waals surface area (Å²) in [6, 6.07) is 0. The minimum Gasteiger partial charge on any atom is -0.312 e. The Kier molecular flexibility index (Phi) is 17.0. The van der Waals surface area contributed by atoms with Crippen molar-refractivity contribution < 1.29 is 13.6 Å². The molecule has 0 aromatic carbocycles. The van der Waals surface area contributed by atoms with Crippen molar-refractivity contribution in [1.29, 1.82) is 0 Å². The van der Waals surface area contributed by atoms with Crippen molar-refractivity contribution in [2.75, 3.05) is 19.8 Å². The van der Waals surface area contributed by atoms with Crippen LogP contribution in [0.2, 0.25) is 0 Å². The van der Waals surface area contributed by atoms with Gasteiger partial charge in [0.1, 0.15) is 0 Å².